The molecule has 1 aliphatic heterocycles. The molecule has 1 fully saturated rings. The molecule has 0 radical (unpaired) electrons. The Labute approximate surface area is 141 Å². The Balaban J connectivity index is 1.79. The van der Waals surface area contributed by atoms with Crippen LogP contribution in [0.2, 0.25) is 0 Å². The first-order chi connectivity index (χ1) is 11.6. The SMILES string of the molecule is COc1ccc([C@H]2CNCCN2C(=O)Cc2c(C)noc2C)cc1. The molecular weight excluding hydrogens is 306 g/mol. The number of carbonyl (C=O) groups excluding carboxylic acids is 1. The average molecular weight is 329 g/mol. The fourth-order valence-electron chi connectivity index (χ4n) is 3.13. The largest absolute Gasteiger partial charge is 0.497 e. The van der Waals surface area contributed by atoms with E-state index in [0.717, 1.165) is 41.4 Å². The zero-order chi connectivity index (χ0) is 17.1. The Hall–Kier alpha value is -2.34. The molecule has 0 bridgehead atoms. The van der Waals surface area contributed by atoms with Crippen molar-refractivity contribution in [1.82, 2.24) is 15.4 Å². The van der Waals surface area contributed by atoms with Crippen LogP contribution in [0.3, 0.4) is 0 Å². The molecule has 2 aromatic rings. The molecule has 1 aromatic carbocycles. The van der Waals surface area contributed by atoms with Gasteiger partial charge in [0.1, 0.15) is 11.5 Å². The lowest BCUT2D eigenvalue weighted by Crippen LogP contribution is -2.49. The van der Waals surface area contributed by atoms with E-state index in [2.05, 4.69) is 10.5 Å². The minimum absolute atomic E-state index is 0.0256. The number of hydrogen-bond acceptors (Lipinski definition) is 5. The van der Waals surface area contributed by atoms with Gasteiger partial charge in [-0.2, -0.15) is 0 Å². The van der Waals surface area contributed by atoms with Crippen molar-refractivity contribution < 1.29 is 14.1 Å². The molecule has 6 heteroatoms. The van der Waals surface area contributed by atoms with Crippen molar-refractivity contribution in [2.75, 3.05) is 26.7 Å². The second kappa shape index (κ2) is 7.05. The third-order valence-electron chi connectivity index (χ3n) is 4.57. The van der Waals surface area contributed by atoms with Gasteiger partial charge in [0, 0.05) is 25.2 Å². The Morgan fingerprint density at radius 2 is 2.12 bits per heavy atom. The molecule has 128 valence electrons. The molecule has 2 heterocycles. The molecule has 0 saturated carbocycles. The maximum absolute atomic E-state index is 12.9. The van der Waals surface area contributed by atoms with Crippen LogP contribution in [0.25, 0.3) is 0 Å². The first-order valence-corrected chi connectivity index (χ1v) is 8.16. The van der Waals surface area contributed by atoms with Crippen LogP contribution >= 0.6 is 0 Å². The first-order valence-electron chi connectivity index (χ1n) is 8.16. The summed E-state index contributed by atoms with van der Waals surface area (Å²) in [6, 6.07) is 7.93. The van der Waals surface area contributed by atoms with E-state index in [0.29, 0.717) is 13.0 Å². The predicted molar refractivity (Wildman–Crippen MR) is 90.0 cm³/mol. The lowest BCUT2D eigenvalue weighted by atomic mass is 10.0. The topological polar surface area (TPSA) is 67.6 Å². The summed E-state index contributed by atoms with van der Waals surface area (Å²) in [5.74, 6) is 1.64. The van der Waals surface area contributed by atoms with Gasteiger partial charge in [0.15, 0.2) is 0 Å². The Kier molecular flexibility index (Phi) is 4.85. The van der Waals surface area contributed by atoms with Gasteiger partial charge >= 0.3 is 0 Å². The normalized spacial score (nSPS) is 17.8. The molecule has 1 atom stereocenters. The van der Waals surface area contributed by atoms with Gasteiger partial charge in [0.2, 0.25) is 5.91 Å². The first kappa shape index (κ1) is 16.5. The quantitative estimate of drug-likeness (QED) is 0.929. The lowest BCUT2D eigenvalue weighted by molar-refractivity contribution is -0.133. The second-order valence-corrected chi connectivity index (χ2v) is 6.06. The van der Waals surface area contributed by atoms with Gasteiger partial charge in [0.25, 0.3) is 0 Å². The molecule has 1 aromatic heterocycles. The molecule has 0 aliphatic carbocycles. The van der Waals surface area contributed by atoms with E-state index < -0.39 is 0 Å². The molecule has 0 spiro atoms. The molecule has 1 aliphatic rings. The van der Waals surface area contributed by atoms with Gasteiger partial charge in [-0.1, -0.05) is 17.3 Å². The highest BCUT2D eigenvalue weighted by atomic mass is 16.5. The summed E-state index contributed by atoms with van der Waals surface area (Å²) in [4.78, 5) is 14.8. The van der Waals surface area contributed by atoms with Crippen molar-refractivity contribution in [3.05, 3.63) is 46.8 Å². The van der Waals surface area contributed by atoms with E-state index in [9.17, 15) is 4.79 Å². The number of amides is 1. The summed E-state index contributed by atoms with van der Waals surface area (Å²) in [6.07, 6.45) is 0.327. The maximum Gasteiger partial charge on any atom is 0.227 e. The van der Waals surface area contributed by atoms with Crippen molar-refractivity contribution in [3.63, 3.8) is 0 Å². The summed E-state index contributed by atoms with van der Waals surface area (Å²) < 4.78 is 10.4. The van der Waals surface area contributed by atoms with E-state index in [1.165, 1.54) is 0 Å². The second-order valence-electron chi connectivity index (χ2n) is 6.06. The molecule has 1 saturated heterocycles. The fourth-order valence-corrected chi connectivity index (χ4v) is 3.13. The maximum atomic E-state index is 12.9. The highest BCUT2D eigenvalue weighted by Crippen LogP contribution is 2.26. The number of hydrogen-bond donors (Lipinski definition) is 1. The van der Waals surface area contributed by atoms with Crippen molar-refractivity contribution in [3.8, 4) is 5.75 Å². The van der Waals surface area contributed by atoms with Gasteiger partial charge < -0.3 is 19.5 Å². The highest BCUT2D eigenvalue weighted by Gasteiger charge is 2.29. The van der Waals surface area contributed by atoms with Crippen molar-refractivity contribution >= 4 is 5.91 Å². The van der Waals surface area contributed by atoms with Crippen LogP contribution in [0.15, 0.2) is 28.8 Å². The number of aromatic nitrogens is 1. The summed E-state index contributed by atoms with van der Waals surface area (Å²) in [6.45, 7) is 5.97. The molecule has 3 rings (SSSR count). The van der Waals surface area contributed by atoms with E-state index in [1.54, 1.807) is 7.11 Å². The van der Waals surface area contributed by atoms with Gasteiger partial charge in [0.05, 0.1) is 25.3 Å². The average Bonchev–Trinajstić information content (AvgIpc) is 2.93. The van der Waals surface area contributed by atoms with Crippen LogP contribution in [0.4, 0.5) is 0 Å². The van der Waals surface area contributed by atoms with Crippen LogP contribution in [-0.2, 0) is 11.2 Å². The minimum Gasteiger partial charge on any atom is -0.497 e. The highest BCUT2D eigenvalue weighted by molar-refractivity contribution is 5.80. The molecule has 0 unspecified atom stereocenters. The number of nitrogens with one attached hydrogen (secondary N) is 1. The molecule has 1 N–H and O–H groups in total. The lowest BCUT2D eigenvalue weighted by Gasteiger charge is -2.36. The number of carbonyl (C=O) groups is 1. The fraction of sp³-hybridized carbons (Fsp3) is 0.444. The van der Waals surface area contributed by atoms with Crippen molar-refractivity contribution in [1.29, 1.82) is 0 Å². The van der Waals surface area contributed by atoms with Gasteiger partial charge in [-0.25, -0.2) is 0 Å². The Bertz CT molecular complexity index is 689. The van der Waals surface area contributed by atoms with E-state index in [1.807, 2.05) is 43.0 Å². The van der Waals surface area contributed by atoms with Gasteiger partial charge in [-0.3, -0.25) is 4.79 Å². The van der Waals surface area contributed by atoms with E-state index in [-0.39, 0.29) is 11.9 Å². The van der Waals surface area contributed by atoms with Crippen LogP contribution < -0.4 is 10.1 Å². The monoisotopic (exact) mass is 329 g/mol. The van der Waals surface area contributed by atoms with Crippen molar-refractivity contribution in [2.24, 2.45) is 0 Å². The van der Waals surface area contributed by atoms with E-state index in [4.69, 9.17) is 9.26 Å². The van der Waals surface area contributed by atoms with Crippen LogP contribution in [-0.4, -0.2) is 42.7 Å². The molecular formula is C18H23N3O3. The number of rotatable bonds is 4. The number of ether oxygens (including phenoxy) is 1. The van der Waals surface area contributed by atoms with Gasteiger partial charge in [-0.15, -0.1) is 0 Å². The predicted octanol–water partition coefficient (Wildman–Crippen LogP) is 2.02. The number of piperazine rings is 1. The molecule has 24 heavy (non-hydrogen) atoms. The minimum atomic E-state index is 0.0256. The molecule has 1 amide bonds. The summed E-state index contributed by atoms with van der Waals surface area (Å²) in [5, 5.41) is 7.31. The Morgan fingerprint density at radius 3 is 2.75 bits per heavy atom. The zero-order valence-electron chi connectivity index (χ0n) is 14.3. The van der Waals surface area contributed by atoms with Crippen molar-refractivity contribution in [2.45, 2.75) is 26.3 Å². The van der Waals surface area contributed by atoms with Crippen LogP contribution in [0.5, 0.6) is 5.75 Å². The summed E-state index contributed by atoms with van der Waals surface area (Å²) >= 11 is 0. The van der Waals surface area contributed by atoms with Crippen LogP contribution in [0, 0.1) is 13.8 Å². The summed E-state index contributed by atoms with van der Waals surface area (Å²) in [7, 11) is 1.65. The number of benzene rings is 1. The summed E-state index contributed by atoms with van der Waals surface area (Å²) in [5.41, 5.74) is 2.79. The third kappa shape index (κ3) is 3.28. The number of aryl methyl sites for hydroxylation is 2. The number of nitrogens with zero attached hydrogens (tertiary/aromatic N) is 2. The van der Waals surface area contributed by atoms with E-state index >= 15 is 0 Å². The number of methoxy groups -OCH3 is 1. The smallest absolute Gasteiger partial charge is 0.227 e. The van der Waals surface area contributed by atoms with Crippen LogP contribution in [0.1, 0.15) is 28.6 Å². The Morgan fingerprint density at radius 1 is 1.38 bits per heavy atom. The van der Waals surface area contributed by atoms with Gasteiger partial charge in [-0.05, 0) is 31.5 Å². The zero-order valence-corrected chi connectivity index (χ0v) is 14.3. The molecule has 6 nitrogen and oxygen atoms in total. The third-order valence-corrected chi connectivity index (χ3v) is 4.57. The standard InChI is InChI=1S/C18H23N3O3/c1-12-16(13(2)24-20-12)10-18(22)21-9-8-19-11-17(21)14-4-6-15(23-3)7-5-14/h4-7,17,19H,8-11H2,1-3H3/t17-/m1/s1.